The number of benzene rings is 2. The molecule has 0 fully saturated rings. The topological polar surface area (TPSA) is 69.2 Å². The monoisotopic (exact) mass is 312 g/mol. The van der Waals surface area contributed by atoms with Crippen LogP contribution in [0.2, 0.25) is 5.02 Å². The first-order chi connectivity index (χ1) is 9.47. The van der Waals surface area contributed by atoms with Crippen molar-refractivity contribution in [1.82, 2.24) is 0 Å². The van der Waals surface area contributed by atoms with E-state index in [-0.39, 0.29) is 0 Å². The fraction of sp³-hybridized carbons (Fsp3) is 0.0769. The van der Waals surface area contributed by atoms with Gasteiger partial charge in [-0.25, -0.2) is 0 Å². The highest BCUT2D eigenvalue weighted by Gasteiger charge is 2.13. The lowest BCUT2D eigenvalue weighted by atomic mass is 10.2. The van der Waals surface area contributed by atoms with Crippen LogP contribution < -0.4 is 5.73 Å². The number of nitrogens with zero attached hydrogens (tertiary/aromatic N) is 1. The van der Waals surface area contributed by atoms with Crippen LogP contribution in [0.25, 0.3) is 0 Å². The summed E-state index contributed by atoms with van der Waals surface area (Å²) in [5.74, 6) is -0.397. The minimum absolute atomic E-state index is 0.444. The van der Waals surface area contributed by atoms with Gasteiger partial charge in [-0.2, -0.15) is 4.39 Å². The second kappa shape index (κ2) is 6.11. The molecule has 0 radical (unpaired) electrons. The number of nitrogens with two attached hydrogens (primary N) is 1. The van der Waals surface area contributed by atoms with Crippen molar-refractivity contribution in [3.05, 3.63) is 62.9 Å². The van der Waals surface area contributed by atoms with Crippen LogP contribution in [0.1, 0.15) is 5.56 Å². The molecule has 0 saturated heterocycles. The zero-order valence-corrected chi connectivity index (χ0v) is 11.7. The average molecular weight is 313 g/mol. The standard InChI is InChI=1S/C13H10ClFN2O2S/c14-9-2-3-11(16)13(6-9)20-7-8-1-4-12(17(18)19)10(15)5-8/h1-6H,7,16H2. The summed E-state index contributed by atoms with van der Waals surface area (Å²) in [6, 6.07) is 8.95. The minimum Gasteiger partial charge on any atom is -0.398 e. The Kier molecular flexibility index (Phi) is 4.46. The van der Waals surface area contributed by atoms with Crippen molar-refractivity contribution in [1.29, 1.82) is 0 Å². The van der Waals surface area contributed by atoms with Crippen molar-refractivity contribution in [3.8, 4) is 0 Å². The molecule has 0 unspecified atom stereocenters. The number of rotatable bonds is 4. The summed E-state index contributed by atoms with van der Waals surface area (Å²) in [4.78, 5) is 10.6. The summed E-state index contributed by atoms with van der Waals surface area (Å²) in [5, 5.41) is 11.1. The van der Waals surface area contributed by atoms with Gasteiger partial charge in [0.15, 0.2) is 0 Å². The summed E-state index contributed by atoms with van der Waals surface area (Å²) < 4.78 is 13.5. The number of halogens is 2. The zero-order valence-electron chi connectivity index (χ0n) is 10.2. The van der Waals surface area contributed by atoms with Crippen LogP contribution in [0, 0.1) is 15.9 Å². The average Bonchev–Trinajstić information content (AvgIpc) is 2.39. The molecule has 0 aliphatic carbocycles. The van der Waals surface area contributed by atoms with E-state index in [2.05, 4.69) is 0 Å². The van der Waals surface area contributed by atoms with Gasteiger partial charge in [0.2, 0.25) is 5.82 Å². The molecule has 104 valence electrons. The highest BCUT2D eigenvalue weighted by atomic mass is 35.5. The quantitative estimate of drug-likeness (QED) is 0.396. The summed E-state index contributed by atoms with van der Waals surface area (Å²) in [5.41, 5.74) is 6.50. The third-order valence-corrected chi connectivity index (χ3v) is 3.96. The molecule has 0 aromatic heterocycles. The maximum Gasteiger partial charge on any atom is 0.304 e. The molecule has 0 saturated carbocycles. The Morgan fingerprint density at radius 1 is 1.30 bits per heavy atom. The summed E-state index contributed by atoms with van der Waals surface area (Å²) in [7, 11) is 0. The predicted octanol–water partition coefficient (Wildman–Crippen LogP) is 4.26. The van der Waals surface area contributed by atoms with E-state index < -0.39 is 16.4 Å². The normalized spacial score (nSPS) is 10.5. The molecule has 0 heterocycles. The summed E-state index contributed by atoms with van der Waals surface area (Å²) >= 11 is 7.27. The number of nitro benzene ring substituents is 1. The third kappa shape index (κ3) is 3.40. The van der Waals surface area contributed by atoms with Gasteiger partial charge in [0.1, 0.15) is 0 Å². The first-order valence-electron chi connectivity index (χ1n) is 5.58. The van der Waals surface area contributed by atoms with E-state index in [1.807, 2.05) is 0 Å². The van der Waals surface area contributed by atoms with E-state index in [0.29, 0.717) is 22.0 Å². The molecule has 2 N–H and O–H groups in total. The minimum atomic E-state index is -0.841. The van der Waals surface area contributed by atoms with Crippen LogP contribution in [0.4, 0.5) is 15.8 Å². The molecule has 4 nitrogen and oxygen atoms in total. The number of hydrogen-bond acceptors (Lipinski definition) is 4. The van der Waals surface area contributed by atoms with Crippen molar-refractivity contribution in [3.63, 3.8) is 0 Å². The molecular formula is C13H10ClFN2O2S. The molecule has 7 heteroatoms. The predicted molar refractivity (Wildman–Crippen MR) is 78.5 cm³/mol. The molecule has 2 rings (SSSR count). The molecule has 0 aliphatic rings. The Balaban J connectivity index is 2.13. The molecule has 0 amide bonds. The van der Waals surface area contributed by atoms with Crippen LogP contribution in [-0.4, -0.2) is 4.92 Å². The highest BCUT2D eigenvalue weighted by molar-refractivity contribution is 7.98. The smallest absolute Gasteiger partial charge is 0.304 e. The maximum atomic E-state index is 13.5. The molecule has 0 aliphatic heterocycles. The van der Waals surface area contributed by atoms with Crippen molar-refractivity contribution >= 4 is 34.7 Å². The second-order valence-electron chi connectivity index (χ2n) is 4.01. The van der Waals surface area contributed by atoms with Gasteiger partial charge in [0, 0.05) is 27.4 Å². The number of nitro groups is 1. The van der Waals surface area contributed by atoms with Crippen LogP contribution in [0.3, 0.4) is 0 Å². The molecule has 0 bridgehead atoms. The first kappa shape index (κ1) is 14.6. The number of hydrogen-bond donors (Lipinski definition) is 1. The second-order valence-corrected chi connectivity index (χ2v) is 5.47. The van der Waals surface area contributed by atoms with Gasteiger partial charge in [0.25, 0.3) is 0 Å². The largest absolute Gasteiger partial charge is 0.398 e. The SMILES string of the molecule is Nc1ccc(Cl)cc1SCc1ccc([N+](=O)[O-])c(F)c1. The number of nitrogen functional groups attached to an aromatic ring is 1. The summed E-state index contributed by atoms with van der Waals surface area (Å²) in [6.07, 6.45) is 0. The maximum absolute atomic E-state index is 13.5. The van der Waals surface area contributed by atoms with E-state index in [4.69, 9.17) is 17.3 Å². The zero-order chi connectivity index (χ0) is 14.7. The lowest BCUT2D eigenvalue weighted by Gasteiger charge is -2.06. The highest BCUT2D eigenvalue weighted by Crippen LogP contribution is 2.31. The third-order valence-electron chi connectivity index (χ3n) is 2.58. The Morgan fingerprint density at radius 3 is 2.70 bits per heavy atom. The molecule has 2 aromatic rings. The van der Waals surface area contributed by atoms with Crippen LogP contribution in [-0.2, 0) is 5.75 Å². The van der Waals surface area contributed by atoms with Crippen molar-refractivity contribution in [2.75, 3.05) is 5.73 Å². The van der Waals surface area contributed by atoms with Gasteiger partial charge in [-0.3, -0.25) is 10.1 Å². The Labute approximate surface area is 123 Å². The van der Waals surface area contributed by atoms with E-state index in [9.17, 15) is 14.5 Å². The van der Waals surface area contributed by atoms with Crippen molar-refractivity contribution in [2.24, 2.45) is 0 Å². The van der Waals surface area contributed by atoms with Crippen molar-refractivity contribution < 1.29 is 9.31 Å². The number of thioether (sulfide) groups is 1. The van der Waals surface area contributed by atoms with Gasteiger partial charge >= 0.3 is 5.69 Å². The Hall–Kier alpha value is -1.79. The molecule has 0 atom stereocenters. The van der Waals surface area contributed by atoms with E-state index >= 15 is 0 Å². The first-order valence-corrected chi connectivity index (χ1v) is 6.94. The van der Waals surface area contributed by atoms with Crippen molar-refractivity contribution in [2.45, 2.75) is 10.6 Å². The lowest BCUT2D eigenvalue weighted by Crippen LogP contribution is -1.94. The van der Waals surface area contributed by atoms with Gasteiger partial charge in [-0.05, 0) is 29.8 Å². The van der Waals surface area contributed by atoms with E-state index in [1.54, 1.807) is 18.2 Å². The lowest BCUT2D eigenvalue weighted by molar-refractivity contribution is -0.387. The van der Waals surface area contributed by atoms with Gasteiger partial charge in [-0.15, -0.1) is 11.8 Å². The summed E-state index contributed by atoms with van der Waals surface area (Å²) in [6.45, 7) is 0. The molecular weight excluding hydrogens is 303 g/mol. The number of anilines is 1. The van der Waals surface area contributed by atoms with E-state index in [0.717, 1.165) is 17.0 Å². The molecule has 2 aromatic carbocycles. The van der Waals surface area contributed by atoms with E-state index in [1.165, 1.54) is 17.8 Å². The Morgan fingerprint density at radius 2 is 2.05 bits per heavy atom. The van der Waals surface area contributed by atoms with Crippen LogP contribution >= 0.6 is 23.4 Å². The van der Waals surface area contributed by atoms with Gasteiger partial charge < -0.3 is 5.73 Å². The van der Waals surface area contributed by atoms with Gasteiger partial charge in [-0.1, -0.05) is 17.7 Å². The van der Waals surface area contributed by atoms with Gasteiger partial charge in [0.05, 0.1) is 4.92 Å². The van der Waals surface area contributed by atoms with Crippen LogP contribution in [0.15, 0.2) is 41.3 Å². The fourth-order valence-electron chi connectivity index (χ4n) is 1.58. The Bertz CT molecular complexity index is 667. The van der Waals surface area contributed by atoms with Crippen LogP contribution in [0.5, 0.6) is 0 Å². The molecule has 20 heavy (non-hydrogen) atoms. The molecule has 0 spiro atoms. The fourth-order valence-corrected chi connectivity index (χ4v) is 2.77.